The summed E-state index contributed by atoms with van der Waals surface area (Å²) in [6.07, 6.45) is -5.45. The molecule has 0 aliphatic carbocycles. The smallest absolute Gasteiger partial charge is 0.312 e. The molecule has 13 heteroatoms. The molecular formula is C16H7F6N5O2. The summed E-state index contributed by atoms with van der Waals surface area (Å²) in [5, 5.41) is 3.29. The maximum absolute atomic E-state index is 14.1. The fourth-order valence-corrected chi connectivity index (χ4v) is 3.01. The van der Waals surface area contributed by atoms with Crippen molar-refractivity contribution in [1.29, 1.82) is 0 Å². The highest BCUT2D eigenvalue weighted by Crippen LogP contribution is 2.44. The van der Waals surface area contributed by atoms with Gasteiger partial charge in [-0.05, 0) is 24.3 Å². The highest BCUT2D eigenvalue weighted by Gasteiger charge is 2.68. The van der Waals surface area contributed by atoms with Crippen LogP contribution in [0.4, 0.5) is 32.3 Å². The van der Waals surface area contributed by atoms with Crippen molar-refractivity contribution < 1.29 is 35.9 Å². The molecule has 0 saturated heterocycles. The van der Waals surface area contributed by atoms with Gasteiger partial charge in [0.05, 0.1) is 5.52 Å². The number of alkyl halides is 3. The Kier molecular flexibility index (Phi) is 3.82. The van der Waals surface area contributed by atoms with Crippen molar-refractivity contribution in [2.24, 2.45) is 0 Å². The van der Waals surface area contributed by atoms with Crippen LogP contribution in [-0.4, -0.2) is 32.5 Å². The SMILES string of the molecule is O=C(NC1(C(F)(F)F)C(=O)Nc2nc3c(F)c(F)ccc3n21)c1cccc(F)n1. The Morgan fingerprint density at radius 2 is 1.83 bits per heavy atom. The summed E-state index contributed by atoms with van der Waals surface area (Å²) >= 11 is 0. The number of carbonyl (C=O) groups excluding carboxylic acids is 2. The molecule has 150 valence electrons. The molecule has 1 unspecified atom stereocenters. The third-order valence-electron chi connectivity index (χ3n) is 4.26. The second-order valence-corrected chi connectivity index (χ2v) is 5.96. The molecule has 2 amide bonds. The number of benzene rings is 1. The zero-order chi connectivity index (χ0) is 21.1. The fraction of sp³-hybridized carbons (Fsp3) is 0.125. The van der Waals surface area contributed by atoms with Crippen LogP contribution in [-0.2, 0) is 10.5 Å². The predicted octanol–water partition coefficient (Wildman–Crippen LogP) is 2.45. The Labute approximate surface area is 156 Å². The Hall–Kier alpha value is -3.64. The minimum absolute atomic E-state index is 0.199. The van der Waals surface area contributed by atoms with Crippen LogP contribution in [0.1, 0.15) is 10.5 Å². The molecule has 2 aromatic heterocycles. The monoisotopic (exact) mass is 415 g/mol. The summed E-state index contributed by atoms with van der Waals surface area (Å²) in [7, 11) is 0. The van der Waals surface area contributed by atoms with Gasteiger partial charge in [-0.15, -0.1) is 0 Å². The number of fused-ring (bicyclic) bond motifs is 3. The van der Waals surface area contributed by atoms with Crippen LogP contribution >= 0.6 is 0 Å². The number of pyridine rings is 1. The number of amides is 2. The summed E-state index contributed by atoms with van der Waals surface area (Å²) in [5.74, 6) is -8.09. The number of hydrogen-bond acceptors (Lipinski definition) is 4. The minimum atomic E-state index is -5.45. The lowest BCUT2D eigenvalue weighted by atomic mass is 10.1. The van der Waals surface area contributed by atoms with Gasteiger partial charge in [0, 0.05) is 0 Å². The number of carbonyl (C=O) groups is 2. The first kappa shape index (κ1) is 18.7. The Bertz CT molecular complexity index is 1190. The summed E-state index contributed by atoms with van der Waals surface area (Å²) in [6.45, 7) is 0. The Morgan fingerprint density at radius 1 is 1.10 bits per heavy atom. The van der Waals surface area contributed by atoms with Crippen molar-refractivity contribution >= 4 is 28.8 Å². The normalized spacial score (nSPS) is 18.6. The quantitative estimate of drug-likeness (QED) is 0.497. The third kappa shape index (κ3) is 2.53. The van der Waals surface area contributed by atoms with Crippen LogP contribution in [0.25, 0.3) is 11.0 Å². The minimum Gasteiger partial charge on any atom is -0.312 e. The van der Waals surface area contributed by atoms with Crippen molar-refractivity contribution in [3.63, 3.8) is 0 Å². The van der Waals surface area contributed by atoms with Crippen LogP contribution in [0.15, 0.2) is 30.3 Å². The van der Waals surface area contributed by atoms with E-state index in [-0.39, 0.29) is 4.57 Å². The van der Waals surface area contributed by atoms with Gasteiger partial charge in [-0.2, -0.15) is 17.6 Å². The number of rotatable bonds is 2. The molecule has 0 bridgehead atoms. The van der Waals surface area contributed by atoms with Crippen LogP contribution in [0.3, 0.4) is 0 Å². The van der Waals surface area contributed by atoms with Crippen LogP contribution in [0.5, 0.6) is 0 Å². The highest BCUT2D eigenvalue weighted by molar-refractivity contribution is 6.06. The summed E-state index contributed by atoms with van der Waals surface area (Å²) < 4.78 is 83.2. The molecule has 1 aromatic carbocycles. The molecule has 0 radical (unpaired) electrons. The molecular weight excluding hydrogens is 408 g/mol. The number of hydrogen-bond donors (Lipinski definition) is 2. The van der Waals surface area contributed by atoms with Crippen molar-refractivity contribution in [2.45, 2.75) is 11.8 Å². The summed E-state index contributed by atoms with van der Waals surface area (Å²) in [4.78, 5) is 31.3. The zero-order valence-corrected chi connectivity index (χ0v) is 13.8. The lowest BCUT2D eigenvalue weighted by molar-refractivity contribution is -0.213. The molecule has 0 fully saturated rings. The number of nitrogens with zero attached hydrogens (tertiary/aromatic N) is 3. The number of nitrogens with one attached hydrogen (secondary N) is 2. The van der Waals surface area contributed by atoms with Gasteiger partial charge in [-0.25, -0.2) is 18.7 Å². The lowest BCUT2D eigenvalue weighted by Gasteiger charge is -2.31. The van der Waals surface area contributed by atoms with Crippen LogP contribution in [0.2, 0.25) is 0 Å². The third-order valence-corrected chi connectivity index (χ3v) is 4.26. The second kappa shape index (κ2) is 5.93. The Morgan fingerprint density at radius 3 is 2.48 bits per heavy atom. The van der Waals surface area contributed by atoms with Gasteiger partial charge in [0.25, 0.3) is 17.5 Å². The van der Waals surface area contributed by atoms with Crippen molar-refractivity contribution in [3.8, 4) is 0 Å². The van der Waals surface area contributed by atoms with E-state index in [1.54, 1.807) is 5.32 Å². The molecule has 1 atom stereocenters. The van der Waals surface area contributed by atoms with Gasteiger partial charge in [-0.3, -0.25) is 19.5 Å². The molecule has 3 heterocycles. The molecule has 29 heavy (non-hydrogen) atoms. The molecule has 1 aliphatic rings. The largest absolute Gasteiger partial charge is 0.440 e. The van der Waals surface area contributed by atoms with Gasteiger partial charge in [0.2, 0.25) is 11.9 Å². The lowest BCUT2D eigenvalue weighted by Crippen LogP contribution is -2.63. The van der Waals surface area contributed by atoms with Gasteiger partial charge < -0.3 is 5.32 Å². The maximum atomic E-state index is 14.1. The van der Waals surface area contributed by atoms with Crippen LogP contribution in [0, 0.1) is 17.6 Å². The van der Waals surface area contributed by atoms with Crippen LogP contribution < -0.4 is 10.6 Å². The standard InChI is InChI=1S/C16H7F6N5O2/c17-6-4-5-8-11(10(6)19)24-14-25-13(29)15(27(8)14,16(20,21)22)26-12(28)7-2-1-3-9(18)23-7/h1-5H,(H,26,28)(H,24,25,29). The zero-order valence-electron chi connectivity index (χ0n) is 13.8. The van der Waals surface area contributed by atoms with Gasteiger partial charge in [0.15, 0.2) is 11.6 Å². The molecule has 7 nitrogen and oxygen atoms in total. The van der Waals surface area contributed by atoms with E-state index in [1.165, 1.54) is 5.32 Å². The number of anilines is 1. The fourth-order valence-electron chi connectivity index (χ4n) is 3.01. The van der Waals surface area contributed by atoms with E-state index in [0.29, 0.717) is 6.07 Å². The van der Waals surface area contributed by atoms with Crippen molar-refractivity contribution in [3.05, 3.63) is 53.6 Å². The molecule has 4 rings (SSSR count). The first-order valence-corrected chi connectivity index (χ1v) is 7.76. The second-order valence-electron chi connectivity index (χ2n) is 5.96. The van der Waals surface area contributed by atoms with Gasteiger partial charge >= 0.3 is 6.18 Å². The van der Waals surface area contributed by atoms with Gasteiger partial charge in [-0.1, -0.05) is 6.07 Å². The molecule has 2 N–H and O–H groups in total. The topological polar surface area (TPSA) is 88.9 Å². The van der Waals surface area contributed by atoms with Gasteiger partial charge in [0.1, 0.15) is 11.2 Å². The first-order valence-electron chi connectivity index (χ1n) is 7.76. The number of imidazole rings is 1. The molecule has 3 aromatic rings. The Balaban J connectivity index is 1.94. The summed E-state index contributed by atoms with van der Waals surface area (Å²) in [6, 6.07) is 4.14. The van der Waals surface area contributed by atoms with E-state index in [0.717, 1.165) is 24.3 Å². The first-order chi connectivity index (χ1) is 13.6. The van der Waals surface area contributed by atoms with E-state index >= 15 is 0 Å². The van der Waals surface area contributed by atoms with Crippen molar-refractivity contribution in [2.75, 3.05) is 5.32 Å². The predicted molar refractivity (Wildman–Crippen MR) is 84.0 cm³/mol. The average molecular weight is 415 g/mol. The van der Waals surface area contributed by atoms with E-state index in [2.05, 4.69) is 9.97 Å². The van der Waals surface area contributed by atoms with E-state index in [4.69, 9.17) is 0 Å². The summed E-state index contributed by atoms with van der Waals surface area (Å²) in [5.41, 5.74) is -5.89. The van der Waals surface area contributed by atoms with E-state index < -0.39 is 63.9 Å². The molecule has 0 saturated carbocycles. The highest BCUT2D eigenvalue weighted by atomic mass is 19.4. The number of halogens is 6. The molecule has 0 spiro atoms. The average Bonchev–Trinajstić information content (AvgIpc) is 3.13. The van der Waals surface area contributed by atoms with Crippen molar-refractivity contribution in [1.82, 2.24) is 19.9 Å². The number of aromatic nitrogens is 3. The van der Waals surface area contributed by atoms with E-state index in [1.807, 2.05) is 0 Å². The maximum Gasteiger partial charge on any atom is 0.440 e. The van der Waals surface area contributed by atoms with E-state index in [9.17, 15) is 35.9 Å². The molecule has 1 aliphatic heterocycles.